The molecule has 0 spiro atoms. The molecular formula is C21H25NO2S. The topological polar surface area (TPSA) is 38.3 Å². The van der Waals surface area contributed by atoms with Crippen LogP contribution in [0.4, 0.5) is 0 Å². The Labute approximate surface area is 154 Å². The van der Waals surface area contributed by atoms with Gasteiger partial charge in [-0.25, -0.2) is 0 Å². The minimum Gasteiger partial charge on any atom is -0.487 e. The molecule has 1 heterocycles. The number of hydrogen-bond acceptors (Lipinski definition) is 3. The lowest BCUT2D eigenvalue weighted by Gasteiger charge is -2.41. The molecule has 0 aromatic heterocycles. The van der Waals surface area contributed by atoms with Crippen molar-refractivity contribution < 1.29 is 9.53 Å². The molecule has 1 N–H and O–H groups in total. The lowest BCUT2D eigenvalue weighted by Crippen LogP contribution is -2.44. The number of carbonyl (C=O) groups excluding carboxylic acids is 1. The summed E-state index contributed by atoms with van der Waals surface area (Å²) in [6.07, 6.45) is 4.64. The van der Waals surface area contributed by atoms with Gasteiger partial charge in [-0.3, -0.25) is 4.79 Å². The standard InChI is InChI=1S/C21H25NO2S/c1-4-21(5-2)14-17(15-10-6-8-12-18(15)24-21)22-20(23)16-11-7-9-13-19(16)25-3/h6-13,17H,4-5,14H2,1-3H3,(H,22,23)/t17-/m0/s1. The Morgan fingerprint density at radius 1 is 1.16 bits per heavy atom. The van der Waals surface area contributed by atoms with E-state index in [1.165, 1.54) is 0 Å². The minimum atomic E-state index is -0.217. The van der Waals surface area contributed by atoms with Crippen LogP contribution in [0, 0.1) is 0 Å². The van der Waals surface area contributed by atoms with Crippen LogP contribution in [-0.2, 0) is 0 Å². The molecule has 0 aliphatic carbocycles. The number of carbonyl (C=O) groups is 1. The molecule has 25 heavy (non-hydrogen) atoms. The third kappa shape index (κ3) is 3.54. The number of para-hydroxylation sites is 1. The highest BCUT2D eigenvalue weighted by atomic mass is 32.2. The van der Waals surface area contributed by atoms with E-state index < -0.39 is 0 Å². The average Bonchev–Trinajstić information content (AvgIpc) is 2.67. The fourth-order valence-corrected chi connectivity index (χ4v) is 4.09. The van der Waals surface area contributed by atoms with Crippen LogP contribution in [-0.4, -0.2) is 17.8 Å². The lowest BCUT2D eigenvalue weighted by molar-refractivity contribution is 0.0227. The normalized spacial score (nSPS) is 18.1. The molecule has 1 amide bonds. The number of amides is 1. The molecule has 1 aliphatic heterocycles. The highest BCUT2D eigenvalue weighted by Gasteiger charge is 2.39. The Hall–Kier alpha value is -1.94. The van der Waals surface area contributed by atoms with E-state index in [-0.39, 0.29) is 17.6 Å². The number of fused-ring (bicyclic) bond motifs is 1. The summed E-state index contributed by atoms with van der Waals surface area (Å²) in [5.41, 5.74) is 1.58. The maximum Gasteiger partial charge on any atom is 0.252 e. The molecule has 132 valence electrons. The number of rotatable bonds is 5. The first-order valence-corrected chi connectivity index (χ1v) is 10.1. The van der Waals surface area contributed by atoms with Gasteiger partial charge in [-0.2, -0.15) is 0 Å². The summed E-state index contributed by atoms with van der Waals surface area (Å²) in [7, 11) is 0. The first kappa shape index (κ1) is 17.9. The number of hydrogen-bond donors (Lipinski definition) is 1. The van der Waals surface area contributed by atoms with Crippen molar-refractivity contribution in [1.29, 1.82) is 0 Å². The Balaban J connectivity index is 1.91. The first-order valence-electron chi connectivity index (χ1n) is 8.84. The Morgan fingerprint density at radius 3 is 2.56 bits per heavy atom. The van der Waals surface area contributed by atoms with E-state index in [4.69, 9.17) is 4.74 Å². The van der Waals surface area contributed by atoms with Gasteiger partial charge in [0, 0.05) is 16.9 Å². The Kier molecular flexibility index (Phi) is 5.38. The zero-order valence-corrected chi connectivity index (χ0v) is 15.9. The molecule has 4 heteroatoms. The molecule has 1 atom stereocenters. The minimum absolute atomic E-state index is 0.0206. The summed E-state index contributed by atoms with van der Waals surface area (Å²) < 4.78 is 6.32. The molecule has 0 bridgehead atoms. The zero-order chi connectivity index (χ0) is 17.9. The molecular weight excluding hydrogens is 330 g/mol. The lowest BCUT2D eigenvalue weighted by atomic mass is 9.83. The van der Waals surface area contributed by atoms with Gasteiger partial charge in [-0.05, 0) is 37.3 Å². The second-order valence-electron chi connectivity index (χ2n) is 6.46. The summed E-state index contributed by atoms with van der Waals surface area (Å²) >= 11 is 1.59. The molecule has 0 saturated heterocycles. The number of ether oxygens (including phenoxy) is 1. The van der Waals surface area contributed by atoms with Crippen LogP contribution in [0.15, 0.2) is 53.4 Å². The predicted octanol–water partition coefficient (Wildman–Crippen LogP) is 5.22. The molecule has 0 unspecified atom stereocenters. The van der Waals surface area contributed by atoms with Gasteiger partial charge < -0.3 is 10.1 Å². The van der Waals surface area contributed by atoms with Crippen molar-refractivity contribution >= 4 is 17.7 Å². The van der Waals surface area contributed by atoms with Crippen LogP contribution < -0.4 is 10.1 Å². The van der Waals surface area contributed by atoms with Gasteiger partial charge in [0.2, 0.25) is 0 Å². The zero-order valence-electron chi connectivity index (χ0n) is 15.0. The molecule has 0 radical (unpaired) electrons. The third-order valence-corrected chi connectivity index (χ3v) is 5.94. The van der Waals surface area contributed by atoms with E-state index in [0.29, 0.717) is 0 Å². The van der Waals surface area contributed by atoms with Crippen LogP contribution in [0.5, 0.6) is 5.75 Å². The SMILES string of the molecule is CCC1(CC)C[C@H](NC(=O)c2ccccc2SC)c2ccccc2O1. The maximum atomic E-state index is 12.9. The van der Waals surface area contributed by atoms with Gasteiger partial charge in [0.25, 0.3) is 5.91 Å². The highest BCUT2D eigenvalue weighted by Crippen LogP contribution is 2.42. The highest BCUT2D eigenvalue weighted by molar-refractivity contribution is 7.98. The van der Waals surface area contributed by atoms with E-state index in [0.717, 1.165) is 41.0 Å². The van der Waals surface area contributed by atoms with Crippen molar-refractivity contribution in [2.45, 2.75) is 49.6 Å². The van der Waals surface area contributed by atoms with Gasteiger partial charge in [0.05, 0.1) is 11.6 Å². The van der Waals surface area contributed by atoms with Crippen LogP contribution in [0.2, 0.25) is 0 Å². The predicted molar refractivity (Wildman–Crippen MR) is 103 cm³/mol. The molecule has 0 saturated carbocycles. The third-order valence-electron chi connectivity index (χ3n) is 5.14. The Bertz CT molecular complexity index is 755. The summed E-state index contributed by atoms with van der Waals surface area (Å²) in [5.74, 6) is 0.869. The molecule has 2 aromatic carbocycles. The second kappa shape index (κ2) is 7.52. The smallest absolute Gasteiger partial charge is 0.252 e. The molecule has 0 fully saturated rings. The van der Waals surface area contributed by atoms with Crippen LogP contribution in [0.25, 0.3) is 0 Å². The van der Waals surface area contributed by atoms with Crippen molar-refractivity contribution in [3.8, 4) is 5.75 Å². The molecule has 1 aliphatic rings. The molecule has 2 aromatic rings. The van der Waals surface area contributed by atoms with Gasteiger partial charge in [0.15, 0.2) is 0 Å². The van der Waals surface area contributed by atoms with Gasteiger partial charge in [-0.15, -0.1) is 11.8 Å². The second-order valence-corrected chi connectivity index (χ2v) is 7.31. The van der Waals surface area contributed by atoms with E-state index in [2.05, 4.69) is 25.2 Å². The number of nitrogens with one attached hydrogen (secondary N) is 1. The fraction of sp³-hybridized carbons (Fsp3) is 0.381. The van der Waals surface area contributed by atoms with Gasteiger partial charge in [-0.1, -0.05) is 44.2 Å². The van der Waals surface area contributed by atoms with Crippen molar-refractivity contribution in [1.82, 2.24) is 5.32 Å². The van der Waals surface area contributed by atoms with Crippen molar-refractivity contribution in [2.75, 3.05) is 6.26 Å². The summed E-state index contributed by atoms with van der Waals surface area (Å²) in [6, 6.07) is 15.8. The quantitative estimate of drug-likeness (QED) is 0.747. The van der Waals surface area contributed by atoms with Crippen molar-refractivity contribution in [3.63, 3.8) is 0 Å². The van der Waals surface area contributed by atoms with Crippen LogP contribution in [0.1, 0.15) is 55.1 Å². The number of benzene rings is 2. The first-order chi connectivity index (χ1) is 12.1. The van der Waals surface area contributed by atoms with Crippen molar-refractivity contribution in [3.05, 3.63) is 59.7 Å². The molecule has 3 rings (SSSR count). The Morgan fingerprint density at radius 2 is 1.84 bits per heavy atom. The largest absolute Gasteiger partial charge is 0.487 e. The summed E-state index contributed by atoms with van der Waals surface area (Å²) in [5, 5.41) is 3.26. The van der Waals surface area contributed by atoms with Gasteiger partial charge in [0.1, 0.15) is 11.4 Å². The van der Waals surface area contributed by atoms with E-state index >= 15 is 0 Å². The van der Waals surface area contributed by atoms with Crippen molar-refractivity contribution in [2.24, 2.45) is 0 Å². The summed E-state index contributed by atoms with van der Waals surface area (Å²) in [4.78, 5) is 13.9. The van der Waals surface area contributed by atoms with Crippen LogP contribution >= 0.6 is 11.8 Å². The fourth-order valence-electron chi connectivity index (χ4n) is 3.50. The number of thioether (sulfide) groups is 1. The van der Waals surface area contributed by atoms with Crippen LogP contribution in [0.3, 0.4) is 0 Å². The monoisotopic (exact) mass is 355 g/mol. The molecule has 3 nitrogen and oxygen atoms in total. The van der Waals surface area contributed by atoms with E-state index in [1.807, 2.05) is 48.7 Å². The van der Waals surface area contributed by atoms with E-state index in [1.54, 1.807) is 11.8 Å². The van der Waals surface area contributed by atoms with E-state index in [9.17, 15) is 4.79 Å². The van der Waals surface area contributed by atoms with Gasteiger partial charge >= 0.3 is 0 Å². The maximum absolute atomic E-state index is 12.9. The summed E-state index contributed by atoms with van der Waals surface area (Å²) in [6.45, 7) is 4.30. The average molecular weight is 356 g/mol.